The quantitative estimate of drug-likeness (QED) is 0.467. The van der Waals surface area contributed by atoms with Gasteiger partial charge < -0.3 is 4.90 Å². The fraction of sp³-hybridized carbons (Fsp3) is 0.300. The molecule has 1 aliphatic heterocycles. The molecule has 0 spiro atoms. The smallest absolute Gasteiger partial charge is 0.344 e. The van der Waals surface area contributed by atoms with Crippen molar-refractivity contribution in [1.82, 2.24) is 9.38 Å². The van der Waals surface area contributed by atoms with Crippen LogP contribution in [0.1, 0.15) is 36.4 Å². The molecule has 3 aromatic rings. The number of hydrogen-bond acceptors (Lipinski definition) is 5. The lowest BCUT2D eigenvalue weighted by Crippen LogP contribution is -2.36. The van der Waals surface area contributed by atoms with Gasteiger partial charge in [0.05, 0.1) is 16.5 Å². The maximum Gasteiger partial charge on any atom is 0.416 e. The van der Waals surface area contributed by atoms with E-state index < -0.39 is 34.0 Å². The van der Waals surface area contributed by atoms with Crippen LogP contribution in [0, 0.1) is 10.1 Å². The van der Waals surface area contributed by atoms with E-state index in [0.29, 0.717) is 18.5 Å². The molecule has 0 saturated carbocycles. The molecule has 0 bridgehead atoms. The zero-order valence-electron chi connectivity index (χ0n) is 15.7. The number of nitro groups is 1. The first-order chi connectivity index (χ1) is 14.3. The van der Waals surface area contributed by atoms with Crippen molar-refractivity contribution in [3.8, 4) is 0 Å². The summed E-state index contributed by atoms with van der Waals surface area (Å²) in [4.78, 5) is 29.8. The molecule has 30 heavy (non-hydrogen) atoms. The van der Waals surface area contributed by atoms with Crippen LogP contribution in [0.3, 0.4) is 0 Å². The molecule has 2 aromatic heterocycles. The van der Waals surface area contributed by atoms with Gasteiger partial charge in [-0.15, -0.1) is 0 Å². The summed E-state index contributed by atoms with van der Waals surface area (Å²) in [5, 5.41) is 11.7. The van der Waals surface area contributed by atoms with Crippen LogP contribution in [0.4, 0.5) is 24.7 Å². The minimum atomic E-state index is -4.45. The fourth-order valence-corrected chi connectivity index (χ4v) is 3.85. The van der Waals surface area contributed by atoms with E-state index in [4.69, 9.17) is 0 Å². The topological polar surface area (TPSA) is 80.8 Å². The Balaban J connectivity index is 1.83. The summed E-state index contributed by atoms with van der Waals surface area (Å²) in [6.45, 7) is 0.405. The average Bonchev–Trinajstić information content (AvgIpc) is 2.73. The second-order valence-electron chi connectivity index (χ2n) is 7.10. The fourth-order valence-electron chi connectivity index (χ4n) is 3.85. The molecule has 156 valence electrons. The number of halogens is 3. The summed E-state index contributed by atoms with van der Waals surface area (Å²) >= 11 is 0. The molecule has 3 heterocycles. The highest BCUT2D eigenvalue weighted by molar-refractivity contribution is 5.62. The molecular weight excluding hydrogens is 401 g/mol. The molecule has 10 heteroatoms. The first kappa shape index (κ1) is 19.9. The number of benzene rings is 1. The lowest BCUT2D eigenvalue weighted by molar-refractivity contribution is -0.385. The Kier molecular flexibility index (Phi) is 4.92. The molecule has 4 rings (SSSR count). The van der Waals surface area contributed by atoms with Crippen LogP contribution in [0.5, 0.6) is 0 Å². The SMILES string of the molecule is O=c1c([N+](=O)[O-])c(N2CCCCC2c2ccc(C(F)(F)F)cc2)nc2ccccn12. The maximum absolute atomic E-state index is 12.9. The van der Waals surface area contributed by atoms with E-state index >= 15 is 0 Å². The number of nitrogens with zero attached hydrogens (tertiary/aromatic N) is 4. The Labute approximate surface area is 168 Å². The molecule has 0 amide bonds. The second-order valence-corrected chi connectivity index (χ2v) is 7.10. The zero-order chi connectivity index (χ0) is 21.5. The van der Waals surface area contributed by atoms with Gasteiger partial charge >= 0.3 is 17.4 Å². The number of hydrogen-bond donors (Lipinski definition) is 0. The molecule has 1 aromatic carbocycles. The third kappa shape index (κ3) is 3.49. The monoisotopic (exact) mass is 418 g/mol. The van der Waals surface area contributed by atoms with Gasteiger partial charge in [0.25, 0.3) is 0 Å². The van der Waals surface area contributed by atoms with Gasteiger partial charge in [-0.25, -0.2) is 4.98 Å². The molecule has 0 N–H and O–H groups in total. The van der Waals surface area contributed by atoms with Gasteiger partial charge in [0, 0.05) is 12.7 Å². The van der Waals surface area contributed by atoms with Crippen LogP contribution in [0.25, 0.3) is 5.65 Å². The lowest BCUT2D eigenvalue weighted by Gasteiger charge is -2.36. The Morgan fingerprint density at radius 1 is 1.10 bits per heavy atom. The van der Waals surface area contributed by atoms with E-state index in [1.807, 2.05) is 0 Å². The predicted octanol–water partition coefficient (Wildman–Crippen LogP) is 4.35. The number of pyridine rings is 1. The summed E-state index contributed by atoms with van der Waals surface area (Å²) in [6, 6.07) is 9.16. The molecule has 1 unspecified atom stereocenters. The number of piperidine rings is 1. The summed E-state index contributed by atoms with van der Waals surface area (Å²) in [7, 11) is 0. The van der Waals surface area contributed by atoms with Crippen molar-refractivity contribution in [2.45, 2.75) is 31.5 Å². The highest BCUT2D eigenvalue weighted by atomic mass is 19.4. The van der Waals surface area contributed by atoms with E-state index in [1.54, 1.807) is 23.1 Å². The number of anilines is 1. The van der Waals surface area contributed by atoms with Crippen LogP contribution < -0.4 is 10.5 Å². The van der Waals surface area contributed by atoms with Crippen LogP contribution in [0.15, 0.2) is 53.5 Å². The first-order valence-electron chi connectivity index (χ1n) is 9.37. The van der Waals surface area contributed by atoms with Gasteiger partial charge in [-0.1, -0.05) is 18.2 Å². The molecule has 1 atom stereocenters. The zero-order valence-corrected chi connectivity index (χ0v) is 15.7. The number of alkyl halides is 3. The van der Waals surface area contributed by atoms with Gasteiger partial charge in [0.1, 0.15) is 5.65 Å². The van der Waals surface area contributed by atoms with E-state index in [2.05, 4.69) is 4.98 Å². The van der Waals surface area contributed by atoms with Gasteiger partial charge in [-0.05, 0) is 49.1 Å². The minimum Gasteiger partial charge on any atom is -0.344 e. The van der Waals surface area contributed by atoms with E-state index in [1.165, 1.54) is 18.3 Å². The second kappa shape index (κ2) is 7.43. The van der Waals surface area contributed by atoms with Crippen molar-refractivity contribution < 1.29 is 18.1 Å². The van der Waals surface area contributed by atoms with Crippen molar-refractivity contribution in [1.29, 1.82) is 0 Å². The van der Waals surface area contributed by atoms with Crippen LogP contribution in [0.2, 0.25) is 0 Å². The molecule has 1 aliphatic rings. The van der Waals surface area contributed by atoms with Crippen LogP contribution in [-0.2, 0) is 6.18 Å². The van der Waals surface area contributed by atoms with Gasteiger partial charge in [0.15, 0.2) is 0 Å². The van der Waals surface area contributed by atoms with Crippen molar-refractivity contribution >= 4 is 17.2 Å². The highest BCUT2D eigenvalue weighted by Crippen LogP contribution is 2.38. The van der Waals surface area contributed by atoms with Gasteiger partial charge in [-0.2, -0.15) is 13.2 Å². The third-order valence-corrected chi connectivity index (χ3v) is 5.27. The Morgan fingerprint density at radius 3 is 2.50 bits per heavy atom. The van der Waals surface area contributed by atoms with Crippen molar-refractivity contribution in [2.24, 2.45) is 0 Å². The standard InChI is InChI=1S/C20H17F3N4O3/c21-20(22,23)14-9-7-13(8-10-14)15-5-1-3-11-25(15)18-17(27(29)30)19(28)26-12-4-2-6-16(26)24-18/h2,4,6-10,12,15H,1,3,5,11H2. The van der Waals surface area contributed by atoms with Crippen molar-refractivity contribution in [3.05, 3.63) is 80.3 Å². The van der Waals surface area contributed by atoms with Crippen molar-refractivity contribution in [3.63, 3.8) is 0 Å². The summed E-state index contributed by atoms with van der Waals surface area (Å²) in [6.07, 6.45) is -0.922. The molecule has 0 aliphatic carbocycles. The summed E-state index contributed by atoms with van der Waals surface area (Å²) < 4.78 is 39.8. The molecule has 1 saturated heterocycles. The molecule has 7 nitrogen and oxygen atoms in total. The number of fused-ring (bicyclic) bond motifs is 1. The van der Waals surface area contributed by atoms with Crippen LogP contribution in [-0.4, -0.2) is 20.9 Å². The lowest BCUT2D eigenvalue weighted by atomic mass is 9.94. The van der Waals surface area contributed by atoms with Crippen LogP contribution >= 0.6 is 0 Å². The first-order valence-corrected chi connectivity index (χ1v) is 9.37. The minimum absolute atomic E-state index is 0.0548. The number of rotatable bonds is 3. The van der Waals surface area contributed by atoms with Gasteiger partial charge in [-0.3, -0.25) is 19.3 Å². The normalized spacial score (nSPS) is 17.3. The molecule has 0 radical (unpaired) electrons. The summed E-state index contributed by atoms with van der Waals surface area (Å²) in [5.41, 5.74) is -1.34. The molecule has 1 fully saturated rings. The van der Waals surface area contributed by atoms with Gasteiger partial charge in [0.2, 0.25) is 5.82 Å². The van der Waals surface area contributed by atoms with E-state index in [0.717, 1.165) is 29.4 Å². The van der Waals surface area contributed by atoms with E-state index in [-0.39, 0.29) is 11.5 Å². The Bertz CT molecular complexity index is 1160. The summed E-state index contributed by atoms with van der Waals surface area (Å²) in [5.74, 6) is -0.0548. The van der Waals surface area contributed by atoms with Crippen molar-refractivity contribution in [2.75, 3.05) is 11.4 Å². The largest absolute Gasteiger partial charge is 0.416 e. The third-order valence-electron chi connectivity index (χ3n) is 5.27. The Morgan fingerprint density at radius 2 is 1.83 bits per heavy atom. The van der Waals surface area contributed by atoms with E-state index in [9.17, 15) is 28.1 Å². The highest BCUT2D eigenvalue weighted by Gasteiger charge is 2.35. The Hall–Kier alpha value is -3.43. The maximum atomic E-state index is 12.9. The average molecular weight is 418 g/mol. The predicted molar refractivity (Wildman–Crippen MR) is 103 cm³/mol. The number of aromatic nitrogens is 2. The molecular formula is C20H17F3N4O3.